The summed E-state index contributed by atoms with van der Waals surface area (Å²) in [6, 6.07) is 0. The summed E-state index contributed by atoms with van der Waals surface area (Å²) in [4.78, 5) is 279. The van der Waals surface area contributed by atoms with Crippen LogP contribution in [0, 0.1) is 37.9 Å². The molecule has 48 nitrogen and oxygen atoms in total. The number of rotatable bonds is 56. The number of hydrogen-bond donors (Lipinski definition) is 6. The van der Waals surface area contributed by atoms with Gasteiger partial charge < -0.3 is 130 Å². The number of hydrogen-bond acceptors (Lipinski definition) is 48. The Hall–Kier alpha value is -11.4. The zero-order valence-electron chi connectivity index (χ0n) is 73.1. The summed E-state index contributed by atoms with van der Waals surface area (Å²) < 4.78 is 110. The van der Waals surface area contributed by atoms with Crippen LogP contribution >= 0.6 is 0 Å². The fraction of sp³-hybridized carbons (Fsp3) is 0.727. The first-order valence-electron chi connectivity index (χ1n) is 38.3. The van der Waals surface area contributed by atoms with Gasteiger partial charge in [-0.05, 0) is 138 Å². The van der Waals surface area contributed by atoms with Crippen molar-refractivity contribution < 1.29 is 231 Å². The molecule has 0 fully saturated rings. The van der Waals surface area contributed by atoms with Crippen LogP contribution in [0.1, 0.15) is 152 Å². The summed E-state index contributed by atoms with van der Waals surface area (Å²) in [5, 5.41) is 58.2. The summed E-state index contributed by atoms with van der Waals surface area (Å²) in [5.41, 5.74) is -17.5. The van der Waals surface area contributed by atoms with Crippen molar-refractivity contribution in [2.75, 3.05) is 99.1 Å². The quantitative estimate of drug-likeness (QED) is 0.0202. The Morgan fingerprint density at radius 3 is 0.512 bits per heavy atom. The Kier molecular flexibility index (Phi) is 47.1. The van der Waals surface area contributed by atoms with Crippen LogP contribution in [-0.2, 0) is 200 Å². The molecule has 125 heavy (non-hydrogen) atoms. The van der Waals surface area contributed by atoms with Crippen molar-refractivity contribution in [2.24, 2.45) is 37.9 Å². The fourth-order valence-electron chi connectivity index (χ4n) is 8.39. The van der Waals surface area contributed by atoms with E-state index in [1.54, 1.807) is 0 Å². The maximum absolute atomic E-state index is 15.2. The maximum atomic E-state index is 15.2. The van der Waals surface area contributed by atoms with E-state index in [0.717, 1.165) is 132 Å². The molecule has 0 aliphatic heterocycles. The van der Waals surface area contributed by atoms with E-state index in [1.165, 1.54) is 13.8 Å². The van der Waals surface area contributed by atoms with Gasteiger partial charge >= 0.3 is 119 Å². The van der Waals surface area contributed by atoms with E-state index in [2.05, 4.69) is 0 Å². The second kappa shape index (κ2) is 51.8. The lowest BCUT2D eigenvalue weighted by Crippen LogP contribution is -2.49. The van der Waals surface area contributed by atoms with E-state index in [4.69, 9.17) is 99.5 Å². The Bertz CT molecular complexity index is 3530. The molecule has 0 saturated heterocycles. The van der Waals surface area contributed by atoms with Gasteiger partial charge in [-0.1, -0.05) is 6.92 Å². The molecule has 15 atom stereocenters. The van der Waals surface area contributed by atoms with Gasteiger partial charge in [-0.3, -0.25) is 43.2 Å². The highest BCUT2D eigenvalue weighted by molar-refractivity contribution is 5.88. The van der Waals surface area contributed by atoms with E-state index in [9.17, 15) is 122 Å². The van der Waals surface area contributed by atoms with Gasteiger partial charge in [-0.15, -0.1) is 0 Å². The monoisotopic (exact) mass is 1810 g/mol. The Labute approximate surface area is 716 Å². The first-order chi connectivity index (χ1) is 57.6. The molecule has 0 radical (unpaired) electrons. The summed E-state index contributed by atoms with van der Waals surface area (Å²) >= 11 is 0. The molecule has 6 N–H and O–H groups in total. The van der Waals surface area contributed by atoms with E-state index < -0.39 is 330 Å². The van der Waals surface area contributed by atoms with Gasteiger partial charge in [0.2, 0.25) is 0 Å². The van der Waals surface area contributed by atoms with Gasteiger partial charge in [0, 0.05) is 6.42 Å². The molecule has 0 rings (SSSR count). The van der Waals surface area contributed by atoms with Crippen molar-refractivity contribution in [3.63, 3.8) is 0 Å². The third kappa shape index (κ3) is 37.9. The van der Waals surface area contributed by atoms with Crippen LogP contribution in [0.2, 0.25) is 0 Å². The number of aliphatic hydroxyl groups excluding tert-OH is 6. The predicted molar refractivity (Wildman–Crippen MR) is 402 cm³/mol. The van der Waals surface area contributed by atoms with Crippen LogP contribution in [0.4, 0.5) is 0 Å². The second-order valence-electron chi connectivity index (χ2n) is 30.7. The fourth-order valence-corrected chi connectivity index (χ4v) is 8.39. The van der Waals surface area contributed by atoms with Gasteiger partial charge in [0.15, 0.2) is 36.6 Å². The van der Waals surface area contributed by atoms with Crippen molar-refractivity contribution in [3.8, 4) is 0 Å². The van der Waals surface area contributed by atoms with Crippen molar-refractivity contribution in [2.45, 2.75) is 225 Å². The Morgan fingerprint density at radius 2 is 0.368 bits per heavy atom. The predicted octanol–water partition coefficient (Wildman–Crippen LogP) is -2.89. The number of esters is 20. The lowest BCUT2D eigenvalue weighted by molar-refractivity contribution is -0.189. The van der Waals surface area contributed by atoms with Gasteiger partial charge in [0.25, 0.3) is 6.47 Å². The van der Waals surface area contributed by atoms with Gasteiger partial charge in [0.05, 0.1) is 6.61 Å². The minimum Gasteiger partial charge on any atom is -0.467 e. The van der Waals surface area contributed by atoms with Crippen LogP contribution in [0.15, 0.2) is 0 Å². The molecule has 710 valence electrons. The molecule has 0 aromatic rings. The largest absolute Gasteiger partial charge is 0.467 e. The van der Waals surface area contributed by atoms with Crippen LogP contribution in [0.5, 0.6) is 0 Å². The summed E-state index contributed by atoms with van der Waals surface area (Å²) in [6.07, 6.45) is -21.8. The average Bonchev–Trinajstić information content (AvgIpc) is 0.812. The van der Waals surface area contributed by atoms with Crippen molar-refractivity contribution in [3.05, 3.63) is 0 Å². The van der Waals surface area contributed by atoms with Gasteiger partial charge in [-0.2, -0.15) is 0 Å². The molecule has 0 aromatic heterocycles. The summed E-state index contributed by atoms with van der Waals surface area (Å²) in [6.45, 7) is 3.12. The highest BCUT2D eigenvalue weighted by Crippen LogP contribution is 2.33. The maximum Gasteiger partial charge on any atom is 0.347 e. The minimum absolute atomic E-state index is 0.0940. The molecular weight excluding hydrogens is 1690 g/mol. The standard InChI is InChI=1S/C77H114O48/c1-22-51(85)107-25-71(15,24-105-38-78)65(99)114-34-76(20,35-117-66(100)72(16,26-108-58(92)45(9)120-52(86)39(3)79)27-109-59(93)46(10)121-53(87)40(4)80)69(103)115-32-75(19,64(98)106-23-2)33-116-70(104)77(21,36-118-67(101)73(17,28-110-60(94)47(11)122-54(88)41(5)81)29-111-61(95)48(12)123-55(89)42(6)82)37-119-68(102)74(18,30-112-62(96)49(13)124-56(90)43(7)83)31-113-63(97)50(14)125-57(91)44(8)84/h38-50,79-84H,22-37H2,1-21H3. The lowest BCUT2D eigenvalue weighted by atomic mass is 9.89. The van der Waals surface area contributed by atoms with Crippen molar-refractivity contribution in [1.29, 1.82) is 0 Å². The third-order valence-electron chi connectivity index (χ3n) is 17.2. The van der Waals surface area contributed by atoms with E-state index in [0.29, 0.717) is 0 Å². The normalized spacial score (nSPS) is 17.4. The zero-order valence-corrected chi connectivity index (χ0v) is 73.1. The van der Waals surface area contributed by atoms with Crippen LogP contribution in [0.25, 0.3) is 0 Å². The van der Waals surface area contributed by atoms with Gasteiger partial charge in [-0.25, -0.2) is 57.5 Å². The lowest BCUT2D eigenvalue weighted by Gasteiger charge is -2.34. The SMILES string of the molecule is CCOC(=O)C(C)(COC(=O)C(C)(COC(=O)C(C)(COC=O)COC(=O)CC)COC(=O)C(C)(COC(=O)C(C)OC(=O)C(C)O)COC(=O)C(C)OC(=O)C(C)O)COC(=O)C(C)(COC(=O)C(C)(COC(=O)C(C)OC(=O)C(C)O)COC(=O)C(C)OC(=O)C(C)O)COC(=O)C(C)(COC(=O)C(C)OC(=O)C(C)O)COC(=O)C(C)OC(=O)C(C)O. The first kappa shape index (κ1) is 114. The van der Waals surface area contributed by atoms with Crippen LogP contribution < -0.4 is 0 Å². The number of carbonyl (C=O) groups excluding carboxylic acids is 21. The number of carbonyl (C=O) groups is 21. The van der Waals surface area contributed by atoms with Crippen LogP contribution in [-0.4, -0.2) is 329 Å². The minimum atomic E-state index is -2.76. The van der Waals surface area contributed by atoms with E-state index in [-0.39, 0.29) is 12.9 Å². The van der Waals surface area contributed by atoms with Crippen molar-refractivity contribution in [1.82, 2.24) is 0 Å². The first-order valence-corrected chi connectivity index (χ1v) is 38.3. The Morgan fingerprint density at radius 1 is 0.224 bits per heavy atom. The summed E-state index contributed by atoms with van der Waals surface area (Å²) in [7, 11) is 0. The molecule has 15 unspecified atom stereocenters. The number of ether oxygens (including phenoxy) is 21. The highest BCUT2D eigenvalue weighted by atomic mass is 16.7. The van der Waals surface area contributed by atoms with Gasteiger partial charge in [0.1, 0.15) is 167 Å². The molecule has 0 bridgehead atoms. The smallest absolute Gasteiger partial charge is 0.347 e. The van der Waals surface area contributed by atoms with E-state index >= 15 is 9.59 Å². The average molecular weight is 1810 g/mol. The molecular formula is C77H114O48. The highest BCUT2D eigenvalue weighted by Gasteiger charge is 2.51. The second-order valence-corrected chi connectivity index (χ2v) is 30.7. The van der Waals surface area contributed by atoms with Crippen molar-refractivity contribution >= 4 is 126 Å². The molecule has 0 amide bonds. The molecule has 0 saturated carbocycles. The molecule has 48 heteroatoms. The summed E-state index contributed by atoms with van der Waals surface area (Å²) in [5.74, 6) is -28.3. The Balaban J connectivity index is 8.75. The van der Waals surface area contributed by atoms with E-state index in [1.807, 2.05) is 0 Å². The number of aliphatic hydroxyl groups is 6. The topological polar surface area (TPSA) is 674 Å². The molecule has 0 aliphatic rings. The molecule has 0 heterocycles. The molecule has 0 aliphatic carbocycles. The molecule has 0 spiro atoms. The zero-order chi connectivity index (χ0) is 96.8. The third-order valence-corrected chi connectivity index (χ3v) is 17.2. The molecule has 0 aromatic carbocycles. The van der Waals surface area contributed by atoms with Crippen LogP contribution in [0.3, 0.4) is 0 Å².